The van der Waals surface area contributed by atoms with Crippen LogP contribution in [0.5, 0.6) is 5.75 Å². The Kier molecular flexibility index (Phi) is 6.17. The highest BCUT2D eigenvalue weighted by Gasteiger charge is 2.44. The summed E-state index contributed by atoms with van der Waals surface area (Å²) in [6.45, 7) is 2.95. The van der Waals surface area contributed by atoms with Gasteiger partial charge in [-0.25, -0.2) is 13.2 Å². The average Bonchev–Trinajstić information content (AvgIpc) is 2.71. The quantitative estimate of drug-likeness (QED) is 0.684. The van der Waals surface area contributed by atoms with E-state index in [4.69, 9.17) is 9.47 Å². The van der Waals surface area contributed by atoms with Crippen LogP contribution in [-0.2, 0) is 26.0 Å². The number of benzene rings is 2. The van der Waals surface area contributed by atoms with E-state index in [2.05, 4.69) is 0 Å². The van der Waals surface area contributed by atoms with Gasteiger partial charge in [0.15, 0.2) is 0 Å². The molecule has 7 nitrogen and oxygen atoms in total. The van der Waals surface area contributed by atoms with Gasteiger partial charge >= 0.3 is 11.3 Å². The zero-order valence-electron chi connectivity index (χ0n) is 16.8. The van der Waals surface area contributed by atoms with Crippen molar-refractivity contribution in [3.8, 4) is 5.75 Å². The molecular weight excluding hydrogens is 408 g/mol. The van der Waals surface area contributed by atoms with Crippen molar-refractivity contribution < 1.29 is 32.6 Å². The van der Waals surface area contributed by atoms with Gasteiger partial charge in [0.2, 0.25) is 0 Å². The number of ether oxygens (including phenoxy) is 2. The fraction of sp³-hybridized carbons (Fsp3) is 0.364. The van der Waals surface area contributed by atoms with Crippen LogP contribution in [-0.4, -0.2) is 30.9 Å². The fourth-order valence-corrected chi connectivity index (χ4v) is 4.89. The molecule has 0 aromatic heterocycles. The lowest BCUT2D eigenvalue weighted by molar-refractivity contribution is -0.148. The predicted molar refractivity (Wildman–Crippen MR) is 110 cm³/mol. The minimum Gasteiger partial charge on any atom is -0.490 e. The molecule has 2 atom stereocenters. The summed E-state index contributed by atoms with van der Waals surface area (Å²) in [6, 6.07) is 15.4. The summed E-state index contributed by atoms with van der Waals surface area (Å²) in [4.78, 5) is 24.0. The van der Waals surface area contributed by atoms with Gasteiger partial charge in [0, 0.05) is 12.0 Å². The van der Waals surface area contributed by atoms with Gasteiger partial charge in [-0.15, -0.1) is 0 Å². The highest BCUT2D eigenvalue weighted by atomic mass is 32.2. The van der Waals surface area contributed by atoms with E-state index in [1.54, 1.807) is 68.4 Å². The molecule has 2 aromatic rings. The Morgan fingerprint density at radius 2 is 1.73 bits per heavy atom. The summed E-state index contributed by atoms with van der Waals surface area (Å²) < 4.78 is 37.1. The number of fused-ring (bicyclic) bond motifs is 1. The number of carbonyl (C=O) groups excluding carboxylic acids is 1. The van der Waals surface area contributed by atoms with Crippen molar-refractivity contribution in [2.24, 2.45) is 5.41 Å². The molecule has 0 radical (unpaired) electrons. The Morgan fingerprint density at radius 1 is 1.10 bits per heavy atom. The largest absolute Gasteiger partial charge is 0.490 e. The Morgan fingerprint density at radius 3 is 2.40 bits per heavy atom. The Bertz CT molecular complexity index is 1030. The topological polar surface area (TPSA) is 107 Å². The lowest BCUT2D eigenvalue weighted by Gasteiger charge is -2.34. The van der Waals surface area contributed by atoms with Crippen molar-refractivity contribution >= 4 is 21.1 Å². The SMILES string of the molecule is CC(C)(C[C@H]1CC(S(=O)(=O)C(=O)OCc2ccccc2)c2ccccc2O1)C(=O)O. The number of hydrogen-bond acceptors (Lipinski definition) is 6. The standard InChI is InChI=1S/C22H24O7S/c1-22(2,20(23)24)13-16-12-19(17-10-6-7-11-18(17)29-16)30(26,27)21(25)28-14-15-8-4-3-5-9-15/h3-11,16,19H,12-14H2,1-2H3,(H,23,24)/t16-,19?/m1/s1. The van der Waals surface area contributed by atoms with E-state index in [9.17, 15) is 23.1 Å². The van der Waals surface area contributed by atoms with Gasteiger partial charge in [-0.05, 0) is 31.9 Å². The third-order valence-electron chi connectivity index (χ3n) is 5.16. The maximum absolute atomic E-state index is 13.1. The van der Waals surface area contributed by atoms with E-state index in [0.29, 0.717) is 16.9 Å². The maximum Gasteiger partial charge on any atom is 0.425 e. The Balaban J connectivity index is 1.84. The number of carboxylic acids is 1. The number of aliphatic carboxylic acids is 1. The average molecular weight is 432 g/mol. The van der Waals surface area contributed by atoms with Crippen molar-refractivity contribution in [1.82, 2.24) is 0 Å². The number of sulfone groups is 1. The van der Waals surface area contributed by atoms with Crippen molar-refractivity contribution in [3.05, 3.63) is 65.7 Å². The van der Waals surface area contributed by atoms with Gasteiger partial charge in [-0.1, -0.05) is 48.5 Å². The van der Waals surface area contributed by atoms with Gasteiger partial charge < -0.3 is 14.6 Å². The van der Waals surface area contributed by atoms with Crippen LogP contribution in [0.1, 0.15) is 43.1 Å². The molecular formula is C22H24O7S. The van der Waals surface area contributed by atoms with E-state index < -0.39 is 37.9 Å². The Labute approximate surface area is 175 Å². The van der Waals surface area contributed by atoms with Crippen LogP contribution >= 0.6 is 0 Å². The molecule has 0 aliphatic carbocycles. The monoisotopic (exact) mass is 432 g/mol. The van der Waals surface area contributed by atoms with Crippen LogP contribution in [0.15, 0.2) is 54.6 Å². The summed E-state index contributed by atoms with van der Waals surface area (Å²) in [7, 11) is -4.34. The number of para-hydroxylation sites is 1. The van der Waals surface area contributed by atoms with Crippen LogP contribution in [0.3, 0.4) is 0 Å². The summed E-state index contributed by atoms with van der Waals surface area (Å²) in [5, 5.41) is 6.94. The van der Waals surface area contributed by atoms with E-state index >= 15 is 0 Å². The number of carbonyl (C=O) groups is 2. The number of carboxylic acid groups (broad SMARTS) is 1. The molecule has 1 unspecified atom stereocenters. The van der Waals surface area contributed by atoms with Crippen molar-refractivity contribution in [1.29, 1.82) is 0 Å². The first-order chi connectivity index (χ1) is 14.1. The van der Waals surface area contributed by atoms with Gasteiger partial charge in [0.1, 0.15) is 23.7 Å². The molecule has 1 heterocycles. The molecule has 0 amide bonds. The molecule has 0 saturated carbocycles. The summed E-state index contributed by atoms with van der Waals surface area (Å²) in [6.07, 6.45) is -0.606. The first-order valence-corrected chi connectivity index (χ1v) is 11.1. The van der Waals surface area contributed by atoms with Gasteiger partial charge in [-0.3, -0.25) is 4.79 Å². The number of rotatable bonds is 6. The van der Waals surface area contributed by atoms with E-state index in [1.165, 1.54) is 0 Å². The second-order valence-corrected chi connectivity index (χ2v) is 9.96. The highest BCUT2D eigenvalue weighted by molar-refractivity contribution is 8.05. The fourth-order valence-electron chi connectivity index (χ4n) is 3.44. The van der Waals surface area contributed by atoms with Crippen LogP contribution < -0.4 is 4.74 Å². The minimum atomic E-state index is -4.34. The van der Waals surface area contributed by atoms with Crippen LogP contribution in [0.25, 0.3) is 0 Å². The second-order valence-electron chi connectivity index (χ2n) is 7.96. The predicted octanol–water partition coefficient (Wildman–Crippen LogP) is 4.13. The Hall–Kier alpha value is -2.87. The highest BCUT2D eigenvalue weighted by Crippen LogP contribution is 2.43. The van der Waals surface area contributed by atoms with E-state index in [1.807, 2.05) is 0 Å². The van der Waals surface area contributed by atoms with Gasteiger partial charge in [0.25, 0.3) is 9.84 Å². The van der Waals surface area contributed by atoms with Crippen molar-refractivity contribution in [3.63, 3.8) is 0 Å². The normalized spacial score (nSPS) is 18.7. The molecule has 8 heteroatoms. The van der Waals surface area contributed by atoms with Crippen LogP contribution in [0, 0.1) is 5.41 Å². The van der Waals surface area contributed by atoms with E-state index in [-0.39, 0.29) is 19.4 Å². The smallest absolute Gasteiger partial charge is 0.425 e. The molecule has 30 heavy (non-hydrogen) atoms. The van der Waals surface area contributed by atoms with E-state index in [0.717, 1.165) is 0 Å². The summed E-state index contributed by atoms with van der Waals surface area (Å²) in [5.41, 5.74) is -0.0629. The molecule has 2 aromatic carbocycles. The molecule has 1 aliphatic heterocycles. The summed E-state index contributed by atoms with van der Waals surface area (Å²) in [5.74, 6) is -0.675. The number of hydrogen-bond donors (Lipinski definition) is 1. The van der Waals surface area contributed by atoms with Gasteiger partial charge in [-0.2, -0.15) is 0 Å². The molecule has 0 bridgehead atoms. The zero-order chi connectivity index (χ0) is 21.9. The third kappa shape index (κ3) is 4.64. The maximum atomic E-state index is 13.1. The molecule has 1 N–H and O–H groups in total. The molecule has 1 aliphatic rings. The molecule has 0 fully saturated rings. The molecule has 160 valence electrons. The third-order valence-corrected chi connectivity index (χ3v) is 6.94. The lowest BCUT2D eigenvalue weighted by atomic mass is 9.84. The minimum absolute atomic E-state index is 0.0313. The van der Waals surface area contributed by atoms with Gasteiger partial charge in [0.05, 0.1) is 5.41 Å². The first kappa shape index (κ1) is 21.8. The first-order valence-electron chi connectivity index (χ1n) is 9.55. The van der Waals surface area contributed by atoms with Crippen LogP contribution in [0.2, 0.25) is 0 Å². The summed E-state index contributed by atoms with van der Waals surface area (Å²) >= 11 is 0. The molecule has 3 rings (SSSR count). The van der Waals surface area contributed by atoms with Crippen molar-refractivity contribution in [2.75, 3.05) is 0 Å². The molecule has 0 spiro atoms. The zero-order valence-corrected chi connectivity index (χ0v) is 17.6. The molecule has 0 saturated heterocycles. The second kappa shape index (κ2) is 8.47. The van der Waals surface area contributed by atoms with Crippen molar-refractivity contribution in [2.45, 2.75) is 44.6 Å². The van der Waals surface area contributed by atoms with Crippen LogP contribution in [0.4, 0.5) is 4.79 Å². The lowest BCUT2D eigenvalue weighted by Crippen LogP contribution is -2.37.